The smallest absolute Gasteiger partial charge is 0.150 e. The molecule has 4 aromatic rings. The van der Waals surface area contributed by atoms with Crippen molar-refractivity contribution in [2.24, 2.45) is 0 Å². The van der Waals surface area contributed by atoms with Crippen LogP contribution in [0.1, 0.15) is 144 Å². The fraction of sp³-hybridized carbons (Fsp3) is 0.435. The second-order valence-electron chi connectivity index (χ2n) is 13.9. The lowest BCUT2D eigenvalue weighted by Gasteiger charge is -2.23. The molecule has 0 aromatic heterocycles. The van der Waals surface area contributed by atoms with Gasteiger partial charge in [0.15, 0.2) is 0 Å². The van der Waals surface area contributed by atoms with Gasteiger partial charge in [0.1, 0.15) is 35.6 Å². The van der Waals surface area contributed by atoms with Crippen molar-refractivity contribution in [2.75, 3.05) is 26.4 Å². The quantitative estimate of drug-likeness (QED) is 0.0668. The van der Waals surface area contributed by atoms with Gasteiger partial charge in [0, 0.05) is 36.8 Å². The topological polar surface area (TPSA) is 71.1 Å². The highest BCUT2D eigenvalue weighted by Crippen LogP contribution is 2.40. The van der Waals surface area contributed by atoms with Crippen molar-refractivity contribution >= 4 is 12.6 Å². The number of unbranched alkanes of at least 4 members (excludes halogenated alkanes) is 4. The van der Waals surface area contributed by atoms with E-state index < -0.39 is 0 Å². The molecule has 276 valence electrons. The second-order valence-corrected chi connectivity index (χ2v) is 13.9. The van der Waals surface area contributed by atoms with Crippen molar-refractivity contribution < 1.29 is 28.5 Å². The Hall–Kier alpha value is -4.58. The predicted molar refractivity (Wildman–Crippen MR) is 209 cm³/mol. The third kappa shape index (κ3) is 9.84. The van der Waals surface area contributed by atoms with Crippen LogP contribution in [0, 0.1) is 0 Å². The Balaban J connectivity index is 1.79. The number of fused-ring (bicyclic) bond motifs is 8. The molecule has 0 aliphatic heterocycles. The van der Waals surface area contributed by atoms with Crippen LogP contribution in [0.5, 0.6) is 23.0 Å². The number of aldehydes is 2. The van der Waals surface area contributed by atoms with Crippen molar-refractivity contribution in [3.8, 4) is 23.0 Å². The van der Waals surface area contributed by atoms with Gasteiger partial charge in [-0.15, -0.1) is 0 Å². The van der Waals surface area contributed by atoms with Crippen LogP contribution in [-0.2, 0) is 25.7 Å². The van der Waals surface area contributed by atoms with Crippen LogP contribution in [0.3, 0.4) is 0 Å². The van der Waals surface area contributed by atoms with E-state index in [1.54, 1.807) is 0 Å². The van der Waals surface area contributed by atoms with Gasteiger partial charge >= 0.3 is 0 Å². The maximum Gasteiger partial charge on any atom is 0.150 e. The molecule has 8 bridgehead atoms. The number of benzene rings is 4. The lowest BCUT2D eigenvalue weighted by atomic mass is 9.90. The molecule has 0 N–H and O–H groups in total. The number of carbonyl (C=O) groups excluding carboxylic acids is 2. The summed E-state index contributed by atoms with van der Waals surface area (Å²) in [5, 5.41) is 0. The normalized spacial score (nSPS) is 12.2. The van der Waals surface area contributed by atoms with E-state index in [0.29, 0.717) is 63.2 Å². The van der Waals surface area contributed by atoms with Crippen LogP contribution in [0.2, 0.25) is 0 Å². The summed E-state index contributed by atoms with van der Waals surface area (Å²) in [6.45, 7) is 11.0. The van der Waals surface area contributed by atoms with Gasteiger partial charge in [0.2, 0.25) is 0 Å². The number of hydrogen-bond donors (Lipinski definition) is 0. The summed E-state index contributed by atoms with van der Waals surface area (Å²) in [4.78, 5) is 24.9. The summed E-state index contributed by atoms with van der Waals surface area (Å²) in [7, 11) is 0. The molecular formula is C46H56O6. The first-order chi connectivity index (χ1) is 25.5. The summed E-state index contributed by atoms with van der Waals surface area (Å²) in [5.41, 5.74) is 9.18. The summed E-state index contributed by atoms with van der Waals surface area (Å²) in [6.07, 6.45) is 11.8. The van der Waals surface area contributed by atoms with Crippen LogP contribution in [0.4, 0.5) is 0 Å². The first kappa shape index (κ1) is 38.6. The fourth-order valence-electron chi connectivity index (χ4n) is 6.89. The Morgan fingerprint density at radius 3 is 0.904 bits per heavy atom. The van der Waals surface area contributed by atoms with Crippen LogP contribution >= 0.6 is 0 Å². The monoisotopic (exact) mass is 704 g/mol. The summed E-state index contributed by atoms with van der Waals surface area (Å²) < 4.78 is 26.6. The van der Waals surface area contributed by atoms with Gasteiger partial charge in [0.25, 0.3) is 0 Å². The highest BCUT2D eigenvalue weighted by Gasteiger charge is 2.23. The van der Waals surface area contributed by atoms with E-state index in [9.17, 15) is 9.59 Å². The summed E-state index contributed by atoms with van der Waals surface area (Å²) in [5.74, 6) is 3.34. The zero-order chi connectivity index (χ0) is 36.7. The van der Waals surface area contributed by atoms with Crippen LogP contribution < -0.4 is 18.9 Å². The van der Waals surface area contributed by atoms with Gasteiger partial charge in [0.05, 0.1) is 26.4 Å². The van der Waals surface area contributed by atoms with Gasteiger partial charge in [-0.1, -0.05) is 89.8 Å². The van der Waals surface area contributed by atoms with E-state index in [1.807, 2.05) is 24.3 Å². The molecule has 0 saturated carbocycles. The molecular weight excluding hydrogens is 649 g/mol. The molecule has 0 spiro atoms. The minimum atomic E-state index is 0.533. The molecule has 4 aromatic carbocycles. The van der Waals surface area contributed by atoms with Crippen molar-refractivity contribution in [1.82, 2.24) is 0 Å². The highest BCUT2D eigenvalue weighted by molar-refractivity contribution is 5.78. The van der Waals surface area contributed by atoms with E-state index in [-0.39, 0.29) is 0 Å². The van der Waals surface area contributed by atoms with Crippen molar-refractivity contribution in [1.29, 1.82) is 0 Å². The van der Waals surface area contributed by atoms with Gasteiger partial charge < -0.3 is 18.9 Å². The first-order valence-electron chi connectivity index (χ1n) is 19.5. The highest BCUT2D eigenvalue weighted by atomic mass is 16.5. The van der Waals surface area contributed by atoms with Crippen molar-refractivity contribution in [3.63, 3.8) is 0 Å². The Kier molecular flexibility index (Phi) is 14.8. The third-order valence-corrected chi connectivity index (χ3v) is 9.66. The van der Waals surface area contributed by atoms with Crippen LogP contribution in [0.15, 0.2) is 60.7 Å². The van der Waals surface area contributed by atoms with Crippen molar-refractivity contribution in [2.45, 2.75) is 105 Å². The molecule has 0 amide bonds. The number of ether oxygens (including phenoxy) is 4. The largest absolute Gasteiger partial charge is 0.493 e. The molecule has 1 aliphatic carbocycles. The van der Waals surface area contributed by atoms with E-state index >= 15 is 0 Å². The van der Waals surface area contributed by atoms with E-state index in [1.165, 1.54) is 0 Å². The zero-order valence-corrected chi connectivity index (χ0v) is 31.7. The number of rotatable bonds is 18. The molecule has 0 saturated heterocycles. The Morgan fingerprint density at radius 1 is 0.423 bits per heavy atom. The lowest BCUT2D eigenvalue weighted by molar-refractivity contribution is 0.111. The molecule has 52 heavy (non-hydrogen) atoms. The van der Waals surface area contributed by atoms with E-state index in [2.05, 4.69) is 64.1 Å². The molecule has 0 atom stereocenters. The molecule has 6 nitrogen and oxygen atoms in total. The molecule has 0 unspecified atom stereocenters. The minimum Gasteiger partial charge on any atom is -0.493 e. The molecule has 0 heterocycles. The average Bonchev–Trinajstić information content (AvgIpc) is 3.15. The maximum atomic E-state index is 12.5. The number of carbonyl (C=O) groups is 2. The van der Waals surface area contributed by atoms with Gasteiger partial charge in [-0.2, -0.15) is 0 Å². The number of hydrogen-bond acceptors (Lipinski definition) is 6. The minimum absolute atomic E-state index is 0.533. The summed E-state index contributed by atoms with van der Waals surface area (Å²) in [6, 6.07) is 20.5. The van der Waals surface area contributed by atoms with Gasteiger partial charge in [-0.3, -0.25) is 9.59 Å². The molecule has 1 aliphatic rings. The first-order valence-corrected chi connectivity index (χ1v) is 19.5. The zero-order valence-electron chi connectivity index (χ0n) is 31.7. The van der Waals surface area contributed by atoms with Crippen LogP contribution in [0.25, 0.3) is 0 Å². The SMILES string of the molecule is CCCCOc1c2cccc1Cc1cc(C=O)cc(c1OCCCC)Cc1cccc(c1OCCCC)Cc1cc(C=O)cc(c1OCCCC)C2. The van der Waals surface area contributed by atoms with E-state index in [0.717, 1.165) is 131 Å². The Labute approximate surface area is 310 Å². The van der Waals surface area contributed by atoms with Gasteiger partial charge in [-0.05, 0) is 94.5 Å². The Bertz CT molecular complexity index is 1570. The molecule has 6 heteroatoms. The lowest BCUT2D eigenvalue weighted by Crippen LogP contribution is -2.11. The summed E-state index contributed by atoms with van der Waals surface area (Å²) >= 11 is 0. The Morgan fingerprint density at radius 2 is 0.673 bits per heavy atom. The number of para-hydroxylation sites is 2. The van der Waals surface area contributed by atoms with E-state index in [4.69, 9.17) is 18.9 Å². The fourth-order valence-corrected chi connectivity index (χ4v) is 6.89. The van der Waals surface area contributed by atoms with Gasteiger partial charge in [-0.25, -0.2) is 0 Å². The average molecular weight is 705 g/mol. The maximum absolute atomic E-state index is 12.5. The molecule has 0 radical (unpaired) electrons. The molecule has 0 fully saturated rings. The predicted octanol–water partition coefficient (Wildman–Crippen LogP) is 10.7. The third-order valence-electron chi connectivity index (χ3n) is 9.66. The standard InChI is InChI=1S/C46H56O6/c1-5-9-19-49-43-35-15-13-16-36(43)28-40-24-34(32-48)26-42(46(40)52-22-12-8-4)30-38-18-14-17-37(44(38)50-20-10-6-2)29-41-25-33(31-47)23-39(27-35)45(41)51-21-11-7-3/h13-18,23-26,31-32H,5-12,19-22,27-30H2,1-4H3. The second kappa shape index (κ2) is 19.9. The van der Waals surface area contributed by atoms with Crippen molar-refractivity contribution in [3.05, 3.63) is 116 Å². The van der Waals surface area contributed by atoms with Crippen LogP contribution in [-0.4, -0.2) is 39.0 Å². The molecule has 5 rings (SSSR count).